The number of pyridine rings is 1. The maximum atomic E-state index is 12.9. The standard InChI is InChI=1S/C21H20F3N3O2S.2ClH/c1-27(2)12-13-29-20(28)15-6-3-4-8-16(15)26-17-10-11-25-19-14(17)7-5-9-18(19)30-21(22,23)24;;/h3-11H,12-13H2,1-2H3,(H,25,26);2*1H. The molecule has 0 radical (unpaired) electrons. The zero-order valence-corrected chi connectivity index (χ0v) is 19.6. The van der Waals surface area contributed by atoms with E-state index in [-0.39, 0.29) is 53.6 Å². The van der Waals surface area contributed by atoms with Crippen molar-refractivity contribution in [3.8, 4) is 0 Å². The Balaban J connectivity index is 0.00000256. The number of hydrogen-bond acceptors (Lipinski definition) is 6. The van der Waals surface area contributed by atoms with Crippen molar-refractivity contribution in [3.05, 3.63) is 60.3 Å². The first-order chi connectivity index (χ1) is 14.2. The van der Waals surface area contributed by atoms with E-state index in [9.17, 15) is 18.0 Å². The lowest BCUT2D eigenvalue weighted by Gasteiger charge is -2.15. The maximum Gasteiger partial charge on any atom is 0.446 e. The van der Waals surface area contributed by atoms with Gasteiger partial charge in [-0.3, -0.25) is 4.98 Å². The molecular formula is C21H22Cl2F3N3O2S. The molecule has 11 heteroatoms. The van der Waals surface area contributed by atoms with Gasteiger partial charge in [-0.05, 0) is 50.1 Å². The number of hydrogen-bond donors (Lipinski definition) is 1. The number of nitrogens with zero attached hydrogens (tertiary/aromatic N) is 2. The van der Waals surface area contributed by atoms with Crippen molar-refractivity contribution in [2.24, 2.45) is 0 Å². The highest BCUT2D eigenvalue weighted by atomic mass is 35.5. The van der Waals surface area contributed by atoms with E-state index in [2.05, 4.69) is 10.3 Å². The fourth-order valence-electron chi connectivity index (χ4n) is 2.78. The molecule has 0 aliphatic heterocycles. The number of alkyl halides is 3. The molecule has 5 nitrogen and oxygen atoms in total. The third kappa shape index (κ3) is 7.44. The van der Waals surface area contributed by atoms with Gasteiger partial charge in [0.15, 0.2) is 0 Å². The minimum absolute atomic E-state index is 0. The molecule has 0 aliphatic carbocycles. The van der Waals surface area contributed by atoms with Gasteiger partial charge in [0.25, 0.3) is 0 Å². The van der Waals surface area contributed by atoms with E-state index in [0.29, 0.717) is 28.9 Å². The normalized spacial score (nSPS) is 10.9. The van der Waals surface area contributed by atoms with Gasteiger partial charge in [-0.1, -0.05) is 24.3 Å². The molecule has 0 aliphatic rings. The number of esters is 1. The van der Waals surface area contributed by atoms with Crippen LogP contribution in [-0.4, -0.2) is 48.6 Å². The van der Waals surface area contributed by atoms with Crippen molar-refractivity contribution in [1.82, 2.24) is 9.88 Å². The third-order valence-electron chi connectivity index (χ3n) is 4.15. The first-order valence-corrected chi connectivity index (χ1v) is 9.87. The van der Waals surface area contributed by atoms with Crippen molar-refractivity contribution in [3.63, 3.8) is 0 Å². The Bertz CT molecular complexity index is 1050. The van der Waals surface area contributed by atoms with Crippen LogP contribution in [0.25, 0.3) is 10.9 Å². The van der Waals surface area contributed by atoms with Crippen LogP contribution in [0.4, 0.5) is 24.5 Å². The predicted octanol–water partition coefficient (Wildman–Crippen LogP) is 6.15. The van der Waals surface area contributed by atoms with Gasteiger partial charge in [-0.15, -0.1) is 24.8 Å². The smallest absolute Gasteiger partial charge is 0.446 e. The van der Waals surface area contributed by atoms with Crippen LogP contribution in [0.1, 0.15) is 10.4 Å². The van der Waals surface area contributed by atoms with Crippen LogP contribution in [0.3, 0.4) is 0 Å². The van der Waals surface area contributed by atoms with Crippen LogP contribution >= 0.6 is 36.6 Å². The van der Waals surface area contributed by atoms with Gasteiger partial charge >= 0.3 is 11.5 Å². The Labute approximate surface area is 200 Å². The Morgan fingerprint density at radius 2 is 1.78 bits per heavy atom. The molecule has 0 saturated heterocycles. The van der Waals surface area contributed by atoms with Crippen molar-refractivity contribution in [2.45, 2.75) is 10.4 Å². The topological polar surface area (TPSA) is 54.5 Å². The molecule has 1 N–H and O–H groups in total. The molecule has 0 spiro atoms. The molecule has 0 amide bonds. The van der Waals surface area contributed by atoms with E-state index in [4.69, 9.17) is 4.74 Å². The summed E-state index contributed by atoms with van der Waals surface area (Å²) in [7, 11) is 3.76. The van der Waals surface area contributed by atoms with Crippen molar-refractivity contribution >= 4 is 64.8 Å². The number of carbonyl (C=O) groups excluding carboxylic acids is 1. The summed E-state index contributed by atoms with van der Waals surface area (Å²) in [6.07, 6.45) is 1.43. The van der Waals surface area contributed by atoms with Gasteiger partial charge in [0, 0.05) is 28.7 Å². The molecule has 1 heterocycles. The zero-order valence-electron chi connectivity index (χ0n) is 17.2. The SMILES string of the molecule is CN(C)CCOC(=O)c1ccccc1Nc1ccnc2c(SC(F)(F)F)cccc12.Cl.Cl. The van der Waals surface area contributed by atoms with Crippen LogP contribution in [0, 0.1) is 0 Å². The van der Waals surface area contributed by atoms with E-state index >= 15 is 0 Å². The van der Waals surface area contributed by atoms with E-state index in [0.717, 1.165) is 0 Å². The first-order valence-electron chi connectivity index (χ1n) is 9.06. The fraction of sp³-hybridized carbons (Fsp3) is 0.238. The van der Waals surface area contributed by atoms with Crippen molar-refractivity contribution < 1.29 is 22.7 Å². The molecule has 0 fully saturated rings. The minimum atomic E-state index is -4.41. The maximum absolute atomic E-state index is 12.9. The summed E-state index contributed by atoms with van der Waals surface area (Å²) in [5.41, 5.74) is -2.81. The molecule has 0 bridgehead atoms. The molecule has 0 atom stereocenters. The first kappa shape index (κ1) is 27.8. The number of thioether (sulfide) groups is 1. The number of ether oxygens (including phenoxy) is 1. The second kappa shape index (κ2) is 12.2. The van der Waals surface area contributed by atoms with Crippen molar-refractivity contribution in [1.29, 1.82) is 0 Å². The average Bonchev–Trinajstić information content (AvgIpc) is 2.67. The Hall–Kier alpha value is -2.20. The van der Waals surface area contributed by atoms with Crippen LogP contribution < -0.4 is 5.32 Å². The molecule has 3 rings (SSSR count). The number of halogens is 5. The molecule has 1 aromatic heterocycles. The van der Waals surface area contributed by atoms with Crippen LogP contribution in [0.5, 0.6) is 0 Å². The number of fused-ring (bicyclic) bond motifs is 1. The van der Waals surface area contributed by atoms with E-state index in [1.165, 1.54) is 12.3 Å². The molecule has 0 unspecified atom stereocenters. The lowest BCUT2D eigenvalue weighted by molar-refractivity contribution is -0.0327. The quantitative estimate of drug-likeness (QED) is 0.305. The lowest BCUT2D eigenvalue weighted by Crippen LogP contribution is -2.20. The number of benzene rings is 2. The van der Waals surface area contributed by atoms with Gasteiger partial charge in [0.05, 0.1) is 16.8 Å². The second-order valence-corrected chi connectivity index (χ2v) is 7.78. The highest BCUT2D eigenvalue weighted by molar-refractivity contribution is 8.00. The summed E-state index contributed by atoms with van der Waals surface area (Å²) in [5, 5.41) is 3.66. The summed E-state index contributed by atoms with van der Waals surface area (Å²) >= 11 is -0.204. The summed E-state index contributed by atoms with van der Waals surface area (Å²) in [4.78, 5) is 18.5. The van der Waals surface area contributed by atoms with Crippen LogP contribution in [-0.2, 0) is 4.74 Å². The predicted molar refractivity (Wildman–Crippen MR) is 127 cm³/mol. The van der Waals surface area contributed by atoms with Crippen molar-refractivity contribution in [2.75, 3.05) is 32.6 Å². The second-order valence-electron chi connectivity index (χ2n) is 6.67. The summed E-state index contributed by atoms with van der Waals surface area (Å²) in [5.74, 6) is -0.480. The van der Waals surface area contributed by atoms with E-state index in [1.54, 1.807) is 42.5 Å². The monoisotopic (exact) mass is 507 g/mol. The minimum Gasteiger partial charge on any atom is -0.461 e. The highest BCUT2D eigenvalue weighted by Crippen LogP contribution is 2.41. The zero-order chi connectivity index (χ0) is 21.7. The average molecular weight is 508 g/mol. The molecule has 3 aromatic rings. The number of rotatable bonds is 7. The molecule has 2 aromatic carbocycles. The fourth-order valence-corrected chi connectivity index (χ4v) is 3.43. The Morgan fingerprint density at radius 1 is 1.06 bits per heavy atom. The molecule has 0 saturated carbocycles. The highest BCUT2D eigenvalue weighted by Gasteiger charge is 2.30. The van der Waals surface area contributed by atoms with Gasteiger partial charge in [0.1, 0.15) is 6.61 Å². The summed E-state index contributed by atoms with van der Waals surface area (Å²) in [6, 6.07) is 13.1. The van der Waals surface area contributed by atoms with Gasteiger partial charge in [-0.25, -0.2) is 4.79 Å². The van der Waals surface area contributed by atoms with Crippen LogP contribution in [0.15, 0.2) is 59.6 Å². The number of likely N-dealkylation sites (N-methyl/N-ethyl adjacent to an activating group) is 1. The number of anilines is 2. The molecular weight excluding hydrogens is 486 g/mol. The summed E-state index contributed by atoms with van der Waals surface area (Å²) in [6.45, 7) is 0.840. The van der Waals surface area contributed by atoms with Gasteiger partial charge < -0.3 is 15.0 Å². The number of carbonyl (C=O) groups is 1. The molecule has 32 heavy (non-hydrogen) atoms. The number of para-hydroxylation sites is 2. The van der Waals surface area contributed by atoms with Gasteiger partial charge in [0.2, 0.25) is 0 Å². The molecule has 174 valence electrons. The number of aromatic nitrogens is 1. The van der Waals surface area contributed by atoms with E-state index < -0.39 is 11.5 Å². The summed E-state index contributed by atoms with van der Waals surface area (Å²) < 4.78 is 43.9. The lowest BCUT2D eigenvalue weighted by atomic mass is 10.1. The Morgan fingerprint density at radius 3 is 2.47 bits per heavy atom. The van der Waals surface area contributed by atoms with E-state index in [1.807, 2.05) is 19.0 Å². The Kier molecular flexibility index (Phi) is 10.6. The van der Waals surface area contributed by atoms with Crippen LogP contribution in [0.2, 0.25) is 0 Å². The third-order valence-corrected chi connectivity index (χ3v) is 4.93. The number of nitrogens with one attached hydrogen (secondary N) is 1. The largest absolute Gasteiger partial charge is 0.461 e. The van der Waals surface area contributed by atoms with Gasteiger partial charge in [-0.2, -0.15) is 13.2 Å².